The van der Waals surface area contributed by atoms with E-state index in [2.05, 4.69) is 55.3 Å². The van der Waals surface area contributed by atoms with Crippen molar-refractivity contribution >= 4 is 5.69 Å². The summed E-state index contributed by atoms with van der Waals surface area (Å²) in [6.07, 6.45) is 0. The van der Waals surface area contributed by atoms with E-state index in [1.54, 1.807) is 0 Å². The molecule has 1 aromatic rings. The summed E-state index contributed by atoms with van der Waals surface area (Å²) in [6, 6.07) is 9.19. The summed E-state index contributed by atoms with van der Waals surface area (Å²) in [5.74, 6) is 1.60. The van der Waals surface area contributed by atoms with Gasteiger partial charge < -0.3 is 10.2 Å². The Hall–Kier alpha value is -1.02. The lowest BCUT2D eigenvalue weighted by Gasteiger charge is -2.24. The average molecular weight is 232 g/mol. The number of para-hydroxylation sites is 1. The summed E-state index contributed by atoms with van der Waals surface area (Å²) in [5.41, 5.74) is 2.82. The normalized spacial score (nSPS) is 26.2. The first-order valence-electron chi connectivity index (χ1n) is 6.64. The standard InChI is InChI=1S/C15H24N2/c1-11-9-17(10-12(11)2)15-8-6-5-7-14(15)13(3)16-4/h5-8,11-13,16H,9-10H2,1-4H3. The first-order valence-corrected chi connectivity index (χ1v) is 6.64. The second kappa shape index (κ2) is 5.09. The van der Waals surface area contributed by atoms with Crippen LogP contribution in [-0.2, 0) is 0 Å². The lowest BCUT2D eigenvalue weighted by molar-refractivity contribution is 0.494. The first kappa shape index (κ1) is 12.4. The average Bonchev–Trinajstić information content (AvgIpc) is 2.68. The van der Waals surface area contributed by atoms with Crippen molar-refractivity contribution in [2.75, 3.05) is 25.0 Å². The predicted octanol–water partition coefficient (Wildman–Crippen LogP) is 3.06. The SMILES string of the molecule is CNC(C)c1ccccc1N1CC(C)C(C)C1. The molecule has 3 unspecified atom stereocenters. The molecule has 2 rings (SSSR count). The number of anilines is 1. The van der Waals surface area contributed by atoms with Crippen molar-refractivity contribution in [1.29, 1.82) is 0 Å². The molecule has 0 saturated carbocycles. The topological polar surface area (TPSA) is 15.3 Å². The molecule has 1 N–H and O–H groups in total. The number of nitrogens with one attached hydrogen (secondary N) is 1. The molecule has 94 valence electrons. The van der Waals surface area contributed by atoms with E-state index in [1.807, 2.05) is 7.05 Å². The maximum atomic E-state index is 3.34. The molecule has 0 radical (unpaired) electrons. The molecule has 1 aliphatic heterocycles. The minimum absolute atomic E-state index is 0.414. The summed E-state index contributed by atoms with van der Waals surface area (Å²) in [5, 5.41) is 3.34. The molecule has 0 amide bonds. The molecule has 1 aliphatic rings. The maximum absolute atomic E-state index is 3.34. The van der Waals surface area contributed by atoms with Crippen molar-refractivity contribution in [2.24, 2.45) is 11.8 Å². The van der Waals surface area contributed by atoms with Crippen LogP contribution in [0.3, 0.4) is 0 Å². The molecule has 1 saturated heterocycles. The lowest BCUT2D eigenvalue weighted by Crippen LogP contribution is -2.23. The van der Waals surface area contributed by atoms with Gasteiger partial charge >= 0.3 is 0 Å². The first-order chi connectivity index (χ1) is 8.13. The zero-order chi connectivity index (χ0) is 12.4. The number of nitrogens with zero attached hydrogens (tertiary/aromatic N) is 1. The number of hydrogen-bond acceptors (Lipinski definition) is 2. The van der Waals surface area contributed by atoms with E-state index in [0.29, 0.717) is 6.04 Å². The fourth-order valence-electron chi connectivity index (χ4n) is 2.62. The quantitative estimate of drug-likeness (QED) is 0.861. The van der Waals surface area contributed by atoms with E-state index in [-0.39, 0.29) is 0 Å². The van der Waals surface area contributed by atoms with Crippen molar-refractivity contribution in [3.63, 3.8) is 0 Å². The molecule has 0 spiro atoms. The molecule has 0 bridgehead atoms. The van der Waals surface area contributed by atoms with Crippen LogP contribution in [0.1, 0.15) is 32.4 Å². The van der Waals surface area contributed by atoms with Crippen LogP contribution in [-0.4, -0.2) is 20.1 Å². The molecule has 1 heterocycles. The van der Waals surface area contributed by atoms with E-state index in [4.69, 9.17) is 0 Å². The van der Waals surface area contributed by atoms with Crippen molar-refractivity contribution in [3.8, 4) is 0 Å². The monoisotopic (exact) mass is 232 g/mol. The zero-order valence-corrected chi connectivity index (χ0v) is 11.4. The predicted molar refractivity (Wildman–Crippen MR) is 74.5 cm³/mol. The van der Waals surface area contributed by atoms with Gasteiger partial charge in [0.25, 0.3) is 0 Å². The molecule has 2 nitrogen and oxygen atoms in total. The Labute approximate surface area is 105 Å². The highest BCUT2D eigenvalue weighted by atomic mass is 15.2. The van der Waals surface area contributed by atoms with Crippen LogP contribution in [0.5, 0.6) is 0 Å². The molecular weight excluding hydrogens is 208 g/mol. The van der Waals surface area contributed by atoms with E-state index in [1.165, 1.54) is 24.3 Å². The van der Waals surface area contributed by atoms with Gasteiger partial charge in [0.1, 0.15) is 0 Å². The summed E-state index contributed by atoms with van der Waals surface area (Å²) >= 11 is 0. The van der Waals surface area contributed by atoms with Gasteiger partial charge in [0, 0.05) is 24.8 Å². The lowest BCUT2D eigenvalue weighted by atomic mass is 10.0. The van der Waals surface area contributed by atoms with E-state index in [0.717, 1.165) is 11.8 Å². The van der Waals surface area contributed by atoms with Crippen molar-refractivity contribution in [1.82, 2.24) is 5.32 Å². The van der Waals surface area contributed by atoms with Gasteiger partial charge in [-0.05, 0) is 37.4 Å². The Kier molecular flexibility index (Phi) is 3.72. The van der Waals surface area contributed by atoms with Gasteiger partial charge in [-0.3, -0.25) is 0 Å². The molecule has 0 aromatic heterocycles. The van der Waals surface area contributed by atoms with Gasteiger partial charge in [-0.15, -0.1) is 0 Å². The molecule has 3 atom stereocenters. The van der Waals surface area contributed by atoms with Gasteiger partial charge in [-0.1, -0.05) is 32.0 Å². The van der Waals surface area contributed by atoms with Crippen LogP contribution >= 0.6 is 0 Å². The highest BCUT2D eigenvalue weighted by Crippen LogP contribution is 2.32. The van der Waals surface area contributed by atoms with Crippen molar-refractivity contribution in [2.45, 2.75) is 26.8 Å². The van der Waals surface area contributed by atoms with Crippen LogP contribution in [0.2, 0.25) is 0 Å². The van der Waals surface area contributed by atoms with Crippen molar-refractivity contribution < 1.29 is 0 Å². The Morgan fingerprint density at radius 1 is 1.18 bits per heavy atom. The smallest absolute Gasteiger partial charge is 0.0414 e. The molecule has 2 heteroatoms. The third kappa shape index (κ3) is 2.47. The Bertz CT molecular complexity index is 365. The summed E-state index contributed by atoms with van der Waals surface area (Å²) < 4.78 is 0. The Morgan fingerprint density at radius 2 is 1.76 bits per heavy atom. The number of benzene rings is 1. The molecule has 17 heavy (non-hydrogen) atoms. The largest absolute Gasteiger partial charge is 0.371 e. The van der Waals surface area contributed by atoms with E-state index in [9.17, 15) is 0 Å². The third-order valence-electron chi connectivity index (χ3n) is 4.17. The fraction of sp³-hybridized carbons (Fsp3) is 0.600. The van der Waals surface area contributed by atoms with Gasteiger partial charge in [0.05, 0.1) is 0 Å². The van der Waals surface area contributed by atoms with E-state index >= 15 is 0 Å². The minimum atomic E-state index is 0.414. The summed E-state index contributed by atoms with van der Waals surface area (Å²) in [4.78, 5) is 2.54. The maximum Gasteiger partial charge on any atom is 0.0414 e. The van der Waals surface area contributed by atoms with Crippen LogP contribution in [0.25, 0.3) is 0 Å². The molecule has 1 aromatic carbocycles. The van der Waals surface area contributed by atoms with Crippen LogP contribution in [0.4, 0.5) is 5.69 Å². The number of hydrogen-bond donors (Lipinski definition) is 1. The van der Waals surface area contributed by atoms with E-state index < -0.39 is 0 Å². The second-order valence-corrected chi connectivity index (χ2v) is 5.43. The molecule has 0 aliphatic carbocycles. The fourth-order valence-corrected chi connectivity index (χ4v) is 2.62. The van der Waals surface area contributed by atoms with Crippen LogP contribution in [0.15, 0.2) is 24.3 Å². The van der Waals surface area contributed by atoms with Gasteiger partial charge in [-0.25, -0.2) is 0 Å². The van der Waals surface area contributed by atoms with Crippen LogP contribution < -0.4 is 10.2 Å². The second-order valence-electron chi connectivity index (χ2n) is 5.43. The highest BCUT2D eigenvalue weighted by Gasteiger charge is 2.27. The summed E-state index contributed by atoms with van der Waals surface area (Å²) in [7, 11) is 2.02. The van der Waals surface area contributed by atoms with Gasteiger partial charge in [0.2, 0.25) is 0 Å². The summed E-state index contributed by atoms with van der Waals surface area (Å²) in [6.45, 7) is 9.31. The minimum Gasteiger partial charge on any atom is -0.371 e. The highest BCUT2D eigenvalue weighted by molar-refractivity contribution is 5.55. The molecule has 1 fully saturated rings. The molecular formula is C15H24N2. The Balaban J connectivity index is 2.26. The van der Waals surface area contributed by atoms with Crippen molar-refractivity contribution in [3.05, 3.63) is 29.8 Å². The Morgan fingerprint density at radius 3 is 2.35 bits per heavy atom. The zero-order valence-electron chi connectivity index (χ0n) is 11.4. The number of rotatable bonds is 3. The van der Waals surface area contributed by atoms with Gasteiger partial charge in [0.15, 0.2) is 0 Å². The van der Waals surface area contributed by atoms with Crippen LogP contribution in [0, 0.1) is 11.8 Å². The van der Waals surface area contributed by atoms with Gasteiger partial charge in [-0.2, -0.15) is 0 Å². The third-order valence-corrected chi connectivity index (χ3v) is 4.17.